The summed E-state index contributed by atoms with van der Waals surface area (Å²) in [5.41, 5.74) is 0.844. The van der Waals surface area contributed by atoms with Crippen LogP contribution in [0.2, 0.25) is 0 Å². The minimum absolute atomic E-state index is 0.0823. The van der Waals surface area contributed by atoms with E-state index in [1.54, 1.807) is 0 Å². The molecule has 1 atom stereocenters. The van der Waals surface area contributed by atoms with Crippen molar-refractivity contribution in [2.45, 2.75) is 46.1 Å². The molecule has 166 valence electrons. The number of carbonyl (C=O) groups is 1. The number of ether oxygens (including phenoxy) is 3. The maximum atomic E-state index is 12.1. The van der Waals surface area contributed by atoms with Crippen LogP contribution in [-0.4, -0.2) is 53.6 Å². The van der Waals surface area contributed by atoms with Crippen molar-refractivity contribution in [2.75, 3.05) is 39.2 Å². The van der Waals surface area contributed by atoms with Gasteiger partial charge in [-0.15, -0.1) is 0 Å². The molecule has 0 aliphatic carbocycles. The molecular weight excluding hydrogens is 396 g/mol. The highest BCUT2D eigenvalue weighted by Crippen LogP contribution is 2.31. The van der Waals surface area contributed by atoms with Crippen molar-refractivity contribution in [3.8, 4) is 11.5 Å². The van der Waals surface area contributed by atoms with Crippen LogP contribution in [-0.2, 0) is 19.6 Å². The lowest BCUT2D eigenvalue weighted by Gasteiger charge is -2.18. The van der Waals surface area contributed by atoms with Crippen molar-refractivity contribution >= 4 is 15.9 Å². The van der Waals surface area contributed by atoms with Gasteiger partial charge in [0, 0.05) is 13.7 Å². The molecule has 0 spiro atoms. The summed E-state index contributed by atoms with van der Waals surface area (Å²) in [4.78, 5) is 12.1. The minimum Gasteiger partial charge on any atom is -0.490 e. The van der Waals surface area contributed by atoms with Gasteiger partial charge in [-0.2, -0.15) is 0 Å². The second-order valence-electron chi connectivity index (χ2n) is 6.68. The van der Waals surface area contributed by atoms with E-state index in [-0.39, 0.29) is 18.3 Å². The van der Waals surface area contributed by atoms with Crippen LogP contribution in [0.5, 0.6) is 11.5 Å². The SMILES string of the molecule is CCCOc1ccc([C@H](C)NC(=O)CNS(=O)(=O)CCCOC)cc1OCCC. The highest BCUT2D eigenvalue weighted by Gasteiger charge is 2.16. The zero-order chi connectivity index (χ0) is 21.7. The average Bonchev–Trinajstić information content (AvgIpc) is 2.69. The van der Waals surface area contributed by atoms with Crippen LogP contribution in [0.3, 0.4) is 0 Å². The Morgan fingerprint density at radius 3 is 2.34 bits per heavy atom. The predicted octanol–water partition coefficient (Wildman–Crippen LogP) is 2.40. The lowest BCUT2D eigenvalue weighted by Crippen LogP contribution is -2.39. The van der Waals surface area contributed by atoms with Crippen molar-refractivity contribution in [2.24, 2.45) is 0 Å². The number of amides is 1. The summed E-state index contributed by atoms with van der Waals surface area (Å²) < 4.78 is 42.4. The van der Waals surface area contributed by atoms with Crippen molar-refractivity contribution in [3.63, 3.8) is 0 Å². The minimum atomic E-state index is -3.51. The number of benzene rings is 1. The number of nitrogens with one attached hydrogen (secondary N) is 2. The van der Waals surface area contributed by atoms with Gasteiger partial charge in [-0.25, -0.2) is 13.1 Å². The van der Waals surface area contributed by atoms with E-state index in [9.17, 15) is 13.2 Å². The number of rotatable bonds is 15. The molecule has 0 unspecified atom stereocenters. The second-order valence-corrected chi connectivity index (χ2v) is 8.61. The summed E-state index contributed by atoms with van der Waals surface area (Å²) in [6.07, 6.45) is 2.13. The normalized spacial score (nSPS) is 12.4. The number of hydrogen-bond acceptors (Lipinski definition) is 6. The van der Waals surface area contributed by atoms with E-state index in [1.807, 2.05) is 39.0 Å². The monoisotopic (exact) mass is 430 g/mol. The van der Waals surface area contributed by atoms with E-state index in [4.69, 9.17) is 14.2 Å². The quantitative estimate of drug-likeness (QED) is 0.414. The fourth-order valence-electron chi connectivity index (χ4n) is 2.47. The standard InChI is InChI=1S/C20H34N2O6S/c1-5-10-27-18-9-8-17(14-19(18)28-11-6-2)16(3)22-20(23)15-21-29(24,25)13-7-12-26-4/h8-9,14,16,21H,5-7,10-13,15H2,1-4H3,(H,22,23)/t16-/m0/s1. The van der Waals surface area contributed by atoms with Gasteiger partial charge in [0.05, 0.1) is 31.6 Å². The van der Waals surface area contributed by atoms with Gasteiger partial charge in [-0.3, -0.25) is 4.79 Å². The predicted molar refractivity (Wildman–Crippen MR) is 113 cm³/mol. The lowest BCUT2D eigenvalue weighted by molar-refractivity contribution is -0.120. The van der Waals surface area contributed by atoms with Crippen molar-refractivity contribution in [1.82, 2.24) is 10.0 Å². The van der Waals surface area contributed by atoms with Crippen LogP contribution >= 0.6 is 0 Å². The molecule has 1 rings (SSSR count). The zero-order valence-electron chi connectivity index (χ0n) is 17.8. The van der Waals surface area contributed by atoms with Crippen LogP contribution < -0.4 is 19.5 Å². The first-order valence-corrected chi connectivity index (χ1v) is 11.6. The van der Waals surface area contributed by atoms with Gasteiger partial charge in [0.25, 0.3) is 0 Å². The Kier molecular flexibility index (Phi) is 11.6. The third-order valence-corrected chi connectivity index (χ3v) is 5.39. The first-order chi connectivity index (χ1) is 13.8. The van der Waals surface area contributed by atoms with E-state index in [0.29, 0.717) is 37.7 Å². The Balaban J connectivity index is 2.67. The molecule has 0 aliphatic heterocycles. The molecule has 0 heterocycles. The molecular formula is C20H34N2O6S. The number of hydrogen-bond donors (Lipinski definition) is 2. The molecule has 1 aromatic rings. The van der Waals surface area contributed by atoms with Gasteiger partial charge in [0.15, 0.2) is 11.5 Å². The van der Waals surface area contributed by atoms with Gasteiger partial charge < -0.3 is 19.5 Å². The van der Waals surface area contributed by atoms with Crippen LogP contribution in [0.25, 0.3) is 0 Å². The fourth-order valence-corrected chi connectivity index (χ4v) is 3.46. The molecule has 0 aromatic heterocycles. The summed E-state index contributed by atoms with van der Waals surface area (Å²) >= 11 is 0. The molecule has 9 heteroatoms. The molecule has 1 aromatic carbocycles. The van der Waals surface area contributed by atoms with E-state index in [2.05, 4.69) is 10.0 Å². The lowest BCUT2D eigenvalue weighted by atomic mass is 10.1. The summed E-state index contributed by atoms with van der Waals surface area (Å²) in [7, 11) is -2.00. The smallest absolute Gasteiger partial charge is 0.235 e. The molecule has 0 saturated carbocycles. The van der Waals surface area contributed by atoms with E-state index in [0.717, 1.165) is 18.4 Å². The molecule has 0 bridgehead atoms. The van der Waals surface area contributed by atoms with Crippen molar-refractivity contribution in [1.29, 1.82) is 0 Å². The Morgan fingerprint density at radius 1 is 1.07 bits per heavy atom. The Morgan fingerprint density at radius 2 is 1.72 bits per heavy atom. The van der Waals surface area contributed by atoms with Crippen LogP contribution in [0.1, 0.15) is 51.6 Å². The summed E-state index contributed by atoms with van der Waals surface area (Å²) in [6.45, 7) is 7.09. The van der Waals surface area contributed by atoms with Crippen LogP contribution in [0, 0.1) is 0 Å². The second kappa shape index (κ2) is 13.4. The van der Waals surface area contributed by atoms with E-state index >= 15 is 0 Å². The van der Waals surface area contributed by atoms with Crippen molar-refractivity contribution in [3.05, 3.63) is 23.8 Å². The number of sulfonamides is 1. The Labute approximate surface area is 174 Å². The topological polar surface area (TPSA) is 103 Å². The third-order valence-electron chi connectivity index (χ3n) is 3.98. The maximum Gasteiger partial charge on any atom is 0.235 e. The summed E-state index contributed by atoms with van der Waals surface area (Å²) in [5.74, 6) is 0.820. The molecule has 0 saturated heterocycles. The number of methoxy groups -OCH3 is 1. The maximum absolute atomic E-state index is 12.1. The van der Waals surface area contributed by atoms with E-state index in [1.165, 1.54) is 7.11 Å². The first kappa shape index (κ1) is 25.2. The van der Waals surface area contributed by atoms with Crippen molar-refractivity contribution < 1.29 is 27.4 Å². The Bertz CT molecular complexity index is 724. The Hall–Kier alpha value is -1.84. The third kappa shape index (κ3) is 9.96. The summed E-state index contributed by atoms with van der Waals surface area (Å²) in [6, 6.07) is 5.23. The van der Waals surface area contributed by atoms with Gasteiger partial charge in [0.1, 0.15) is 0 Å². The van der Waals surface area contributed by atoms with Gasteiger partial charge in [-0.05, 0) is 43.9 Å². The summed E-state index contributed by atoms with van der Waals surface area (Å²) in [5, 5.41) is 2.80. The van der Waals surface area contributed by atoms with E-state index < -0.39 is 15.9 Å². The largest absolute Gasteiger partial charge is 0.490 e. The van der Waals surface area contributed by atoms with Gasteiger partial charge >= 0.3 is 0 Å². The van der Waals surface area contributed by atoms with Crippen LogP contribution in [0.15, 0.2) is 18.2 Å². The van der Waals surface area contributed by atoms with Crippen LogP contribution in [0.4, 0.5) is 0 Å². The van der Waals surface area contributed by atoms with Gasteiger partial charge in [-0.1, -0.05) is 19.9 Å². The molecule has 0 aliphatic rings. The molecule has 8 nitrogen and oxygen atoms in total. The molecule has 2 N–H and O–H groups in total. The zero-order valence-corrected chi connectivity index (χ0v) is 18.6. The molecule has 0 radical (unpaired) electrons. The highest BCUT2D eigenvalue weighted by atomic mass is 32.2. The molecule has 29 heavy (non-hydrogen) atoms. The van der Waals surface area contributed by atoms with Gasteiger partial charge in [0.2, 0.25) is 15.9 Å². The average molecular weight is 431 g/mol. The number of carbonyl (C=O) groups excluding carboxylic acids is 1. The fraction of sp³-hybridized carbons (Fsp3) is 0.650. The molecule has 0 fully saturated rings. The highest BCUT2D eigenvalue weighted by molar-refractivity contribution is 7.89. The molecule has 1 amide bonds. The first-order valence-electron chi connectivity index (χ1n) is 9.98.